The zero-order chi connectivity index (χ0) is 61.6. The van der Waals surface area contributed by atoms with Crippen LogP contribution in [0, 0.1) is 40.4 Å². The van der Waals surface area contributed by atoms with Gasteiger partial charge < -0.3 is 109 Å². The molecule has 8 fully saturated rings. The molecule has 13 N–H and O–H groups in total. The second-order valence-electron chi connectivity index (χ2n) is 26.7. The molecular weight excluding hydrogens is 1140 g/mol. The number of rotatable bonds is 17. The van der Waals surface area contributed by atoms with E-state index < -0.39 is 199 Å². The summed E-state index contributed by atoms with van der Waals surface area (Å²) in [7, 11) is -4.87. The van der Waals surface area contributed by atoms with Gasteiger partial charge in [-0.1, -0.05) is 39.3 Å². The van der Waals surface area contributed by atoms with Gasteiger partial charge in [0.1, 0.15) is 97.3 Å². The predicted octanol–water partition coefficient (Wildman–Crippen LogP) is -1.65. The highest BCUT2D eigenvalue weighted by Crippen LogP contribution is 2.67. The molecule has 5 aliphatic heterocycles. The Labute approximate surface area is 489 Å². The van der Waals surface area contributed by atoms with Gasteiger partial charge in [0.25, 0.3) is 0 Å². The standard InChI is InChI=1S/C56H92O27S/c1-21(2)16-26(57)19-56(9,69)34-11-10-29-28-18-32(31-17-27(83-84(70,71)72)12-14-54(31,7)30(28)13-15-55(29,34)8)78-51-45(68)46(38(61)25(6)76-51)80-52-47(81-49-43(66)40(63)35(58)22(3)74-49)39(62)33(20-73-52)79-53-48(42(65)37(60)24(5)77-53)82-50-44(67)41(64)36(59)23(4)75-50/h13,21-25,27-29,31-53,58-69H,10-12,14-20H2,1-9H3,(H,70,71,72)/t22-,23-,24-,25-,27+,28+,29+,31-,32+,33-,34+,35-,36+,37-,38-,39+,40+,41+,42+,43-,44-,45-,46+,47-,48-,49+,50+,51+,52+,53+,54-,55+,56?/m1/s1. The van der Waals surface area contributed by atoms with Crippen molar-refractivity contribution in [3.8, 4) is 0 Å². The molecule has 5 saturated heterocycles. The van der Waals surface area contributed by atoms with E-state index >= 15 is 0 Å². The largest absolute Gasteiger partial charge is 0.397 e. The molecule has 5 heterocycles. The number of carbonyl (C=O) groups excluding carboxylic acids is 1. The maximum atomic E-state index is 13.2. The Morgan fingerprint density at radius 1 is 0.619 bits per heavy atom. The van der Waals surface area contributed by atoms with Gasteiger partial charge in [0.05, 0.1) is 48.8 Å². The first-order valence-electron chi connectivity index (χ1n) is 29.7. The Hall–Kier alpha value is -1.60. The van der Waals surface area contributed by atoms with Gasteiger partial charge in [-0.3, -0.25) is 9.35 Å². The van der Waals surface area contributed by atoms with Crippen molar-refractivity contribution in [2.75, 3.05) is 6.61 Å². The van der Waals surface area contributed by atoms with Crippen LogP contribution in [0.5, 0.6) is 0 Å². The first kappa shape index (κ1) is 66.8. The molecule has 3 saturated carbocycles. The Kier molecular flexibility index (Phi) is 20.4. The molecule has 33 atom stereocenters. The molecule has 4 aliphatic carbocycles. The summed E-state index contributed by atoms with van der Waals surface area (Å²) >= 11 is 0. The predicted molar refractivity (Wildman–Crippen MR) is 284 cm³/mol. The number of aliphatic hydroxyl groups is 12. The van der Waals surface area contributed by atoms with E-state index in [1.165, 1.54) is 27.7 Å². The Morgan fingerprint density at radius 2 is 1.13 bits per heavy atom. The summed E-state index contributed by atoms with van der Waals surface area (Å²) < 4.78 is 101. The number of Topliss-reactive ketones (excluding diaryl/α,β-unsaturated/α-hetero) is 1. The number of aliphatic hydroxyl groups excluding tert-OH is 11. The molecule has 28 heteroatoms. The molecule has 0 bridgehead atoms. The van der Waals surface area contributed by atoms with Crippen molar-refractivity contribution < 1.29 is 131 Å². The van der Waals surface area contributed by atoms with Gasteiger partial charge in [-0.05, 0) is 120 Å². The van der Waals surface area contributed by atoms with E-state index in [-0.39, 0.29) is 48.7 Å². The van der Waals surface area contributed by atoms with Crippen molar-refractivity contribution in [2.45, 2.75) is 285 Å². The minimum absolute atomic E-state index is 0.00676. The van der Waals surface area contributed by atoms with Crippen molar-refractivity contribution in [3.63, 3.8) is 0 Å². The molecule has 0 spiro atoms. The van der Waals surface area contributed by atoms with Crippen LogP contribution in [0.4, 0.5) is 0 Å². The van der Waals surface area contributed by atoms with Gasteiger partial charge in [-0.2, -0.15) is 8.42 Å². The molecule has 84 heavy (non-hydrogen) atoms. The fourth-order valence-electron chi connectivity index (χ4n) is 15.7. The number of ether oxygens (including phenoxy) is 10. The first-order chi connectivity index (χ1) is 39.1. The third kappa shape index (κ3) is 13.1. The van der Waals surface area contributed by atoms with E-state index in [0.717, 1.165) is 12.0 Å². The van der Waals surface area contributed by atoms with Crippen LogP contribution in [-0.4, -0.2) is 252 Å². The van der Waals surface area contributed by atoms with Crippen LogP contribution in [0.2, 0.25) is 0 Å². The zero-order valence-electron chi connectivity index (χ0n) is 49.0. The topological polar surface area (TPSA) is 416 Å². The highest BCUT2D eigenvalue weighted by atomic mass is 32.3. The number of hydrogen-bond donors (Lipinski definition) is 13. The summed E-state index contributed by atoms with van der Waals surface area (Å²) in [6, 6.07) is 0. The van der Waals surface area contributed by atoms with Gasteiger partial charge in [-0.25, -0.2) is 4.18 Å². The average Bonchev–Trinajstić information content (AvgIpc) is 1.36. The molecule has 0 amide bonds. The van der Waals surface area contributed by atoms with Gasteiger partial charge in [0.2, 0.25) is 0 Å². The highest BCUT2D eigenvalue weighted by molar-refractivity contribution is 7.80. The van der Waals surface area contributed by atoms with Crippen LogP contribution in [0.1, 0.15) is 120 Å². The molecule has 27 nitrogen and oxygen atoms in total. The van der Waals surface area contributed by atoms with E-state index in [1.54, 1.807) is 6.92 Å². The monoisotopic (exact) mass is 1230 g/mol. The van der Waals surface area contributed by atoms with Crippen LogP contribution in [0.25, 0.3) is 0 Å². The smallest absolute Gasteiger partial charge is 0.389 e. The fraction of sp³-hybridized carbons (Fsp3) is 0.946. The average molecular weight is 1230 g/mol. The second kappa shape index (κ2) is 25.6. The molecule has 1 unspecified atom stereocenters. The normalized spacial score (nSPS) is 51.7. The highest BCUT2D eigenvalue weighted by Gasteiger charge is 2.64. The lowest BCUT2D eigenvalue weighted by molar-refractivity contribution is -0.397. The van der Waals surface area contributed by atoms with Gasteiger partial charge >= 0.3 is 10.4 Å². The lowest BCUT2D eigenvalue weighted by atomic mass is 9.47. The van der Waals surface area contributed by atoms with Crippen LogP contribution < -0.4 is 0 Å². The number of allylic oxidation sites excluding steroid dienone is 2. The molecule has 0 radical (unpaired) electrons. The molecular formula is C56H92O27S. The summed E-state index contributed by atoms with van der Waals surface area (Å²) in [6.07, 6.45) is -35.2. The van der Waals surface area contributed by atoms with Crippen molar-refractivity contribution in [1.82, 2.24) is 0 Å². The van der Waals surface area contributed by atoms with Gasteiger partial charge in [-0.15, -0.1) is 0 Å². The van der Waals surface area contributed by atoms with Crippen molar-refractivity contribution in [2.24, 2.45) is 40.4 Å². The summed E-state index contributed by atoms with van der Waals surface area (Å²) in [4.78, 5) is 13.2. The van der Waals surface area contributed by atoms with Crippen LogP contribution in [0.3, 0.4) is 0 Å². The van der Waals surface area contributed by atoms with Crippen molar-refractivity contribution >= 4 is 16.2 Å². The molecule has 0 aromatic carbocycles. The maximum absolute atomic E-state index is 13.2. The minimum Gasteiger partial charge on any atom is -0.389 e. The van der Waals surface area contributed by atoms with E-state index in [2.05, 4.69) is 19.9 Å². The third-order valence-corrected chi connectivity index (χ3v) is 20.8. The molecule has 0 aromatic heterocycles. The van der Waals surface area contributed by atoms with Crippen LogP contribution in [0.15, 0.2) is 11.6 Å². The second-order valence-corrected chi connectivity index (χ2v) is 27.7. The lowest BCUT2D eigenvalue weighted by Crippen LogP contribution is -2.66. The number of ketones is 1. The first-order valence-corrected chi connectivity index (χ1v) is 31.1. The quantitative estimate of drug-likeness (QED) is 0.0573. The summed E-state index contributed by atoms with van der Waals surface area (Å²) in [6.45, 7) is 15.0. The maximum Gasteiger partial charge on any atom is 0.397 e. The van der Waals surface area contributed by atoms with Gasteiger partial charge in [0.15, 0.2) is 31.5 Å². The van der Waals surface area contributed by atoms with E-state index in [4.69, 9.17) is 51.6 Å². The Morgan fingerprint density at radius 3 is 1.70 bits per heavy atom. The molecule has 0 aromatic rings. The molecule has 484 valence electrons. The SMILES string of the molecule is CC(C)CC(=O)CC(C)(O)[C@H]1CC[C@H]2[C@@H]3C[C@H](O[C@@H]4O[C@H](C)[C@@H](O)[C@H](O[C@@H]5OC[C@@H](O[C@@H]6O[C@H](C)[C@@H](O)[C@H](O)[C@H]6O[C@@H]6O[C@H](C)[C@H](O)[C@H](O)[C@H]6O)[C@H](O)[C@H]5O[C@@H]5O[C@H](C)[C@@H](O)[C@H](O)[C@H]5O)[C@H]4O)[C@H]4C[C@@H](OS(=O)(=O)O)CC[C@]4(C)C3=CC[C@]12C. The summed E-state index contributed by atoms with van der Waals surface area (Å²) in [5.74, 6) is -0.738. The minimum atomic E-state index is -4.87. The number of hydrogen-bond acceptors (Lipinski definition) is 26. The van der Waals surface area contributed by atoms with Crippen LogP contribution in [-0.2, 0) is 66.7 Å². The van der Waals surface area contributed by atoms with E-state index in [1.807, 2.05) is 13.8 Å². The zero-order valence-corrected chi connectivity index (χ0v) is 49.8. The van der Waals surface area contributed by atoms with E-state index in [9.17, 15) is 79.0 Å². The van der Waals surface area contributed by atoms with Crippen molar-refractivity contribution in [1.29, 1.82) is 0 Å². The Balaban J connectivity index is 0.978. The van der Waals surface area contributed by atoms with Crippen LogP contribution >= 0.6 is 0 Å². The van der Waals surface area contributed by atoms with E-state index in [0.29, 0.717) is 32.1 Å². The van der Waals surface area contributed by atoms with Gasteiger partial charge in [0, 0.05) is 12.8 Å². The fourth-order valence-corrected chi connectivity index (χ4v) is 16.2. The summed E-state index contributed by atoms with van der Waals surface area (Å²) in [5.41, 5.74) is -1.22. The number of fused-ring (bicyclic) bond motifs is 5. The lowest BCUT2D eigenvalue weighted by Gasteiger charge is -2.60. The summed E-state index contributed by atoms with van der Waals surface area (Å²) in [5, 5.41) is 135. The molecule has 9 rings (SSSR count). The molecule has 9 aliphatic rings. The number of carbonyl (C=O) groups is 1. The Bertz CT molecular complexity index is 2400. The third-order valence-electron chi connectivity index (χ3n) is 20.3. The van der Waals surface area contributed by atoms with Crippen molar-refractivity contribution in [3.05, 3.63) is 11.6 Å².